The number of ether oxygens (including phenoxy) is 1. The maximum absolute atomic E-state index is 11.8. The Morgan fingerprint density at radius 1 is 1.10 bits per heavy atom. The standard InChI is InChI=1S/C17H17NO2/c1-12-7-9-13(10-8-12)15-11-16(15)18-17(19)20-14-5-3-2-4-6-14/h2-10,15-16H,11H2,1H3,(H,18,19). The first kappa shape index (κ1) is 12.7. The zero-order chi connectivity index (χ0) is 13.9. The molecule has 0 heterocycles. The van der Waals surface area contributed by atoms with Gasteiger partial charge in [0.1, 0.15) is 5.75 Å². The van der Waals surface area contributed by atoms with Crippen molar-refractivity contribution in [2.45, 2.75) is 25.3 Å². The Morgan fingerprint density at radius 3 is 2.50 bits per heavy atom. The van der Waals surface area contributed by atoms with Gasteiger partial charge in [0.25, 0.3) is 0 Å². The molecule has 1 aliphatic carbocycles. The number of amides is 1. The molecule has 2 aromatic carbocycles. The molecule has 20 heavy (non-hydrogen) atoms. The average Bonchev–Trinajstić information content (AvgIpc) is 3.19. The van der Waals surface area contributed by atoms with Crippen molar-refractivity contribution in [2.24, 2.45) is 0 Å². The van der Waals surface area contributed by atoms with Gasteiger partial charge in [0.05, 0.1) is 0 Å². The van der Waals surface area contributed by atoms with Crippen molar-refractivity contribution in [3.05, 3.63) is 65.7 Å². The topological polar surface area (TPSA) is 38.3 Å². The molecule has 0 radical (unpaired) electrons. The van der Waals surface area contributed by atoms with E-state index in [1.54, 1.807) is 12.1 Å². The van der Waals surface area contributed by atoms with Gasteiger partial charge in [-0.05, 0) is 31.0 Å². The van der Waals surface area contributed by atoms with E-state index < -0.39 is 0 Å². The van der Waals surface area contributed by atoms with Crippen LogP contribution in [0, 0.1) is 6.92 Å². The van der Waals surface area contributed by atoms with E-state index in [2.05, 4.69) is 36.5 Å². The molecular formula is C17H17NO2. The lowest BCUT2D eigenvalue weighted by Gasteiger charge is -2.06. The van der Waals surface area contributed by atoms with Crippen LogP contribution in [0.15, 0.2) is 54.6 Å². The zero-order valence-electron chi connectivity index (χ0n) is 11.4. The summed E-state index contributed by atoms with van der Waals surface area (Å²) in [5, 5.41) is 2.90. The van der Waals surface area contributed by atoms with Crippen LogP contribution in [0.3, 0.4) is 0 Å². The third-order valence-electron chi connectivity index (χ3n) is 3.55. The van der Waals surface area contributed by atoms with Gasteiger partial charge < -0.3 is 10.1 Å². The van der Waals surface area contributed by atoms with Crippen molar-refractivity contribution in [1.29, 1.82) is 0 Å². The minimum Gasteiger partial charge on any atom is -0.410 e. The number of carbonyl (C=O) groups is 1. The predicted molar refractivity (Wildman–Crippen MR) is 77.9 cm³/mol. The Labute approximate surface area is 118 Å². The van der Waals surface area contributed by atoms with Gasteiger partial charge in [0.2, 0.25) is 0 Å². The number of para-hydroxylation sites is 1. The molecule has 2 atom stereocenters. The normalized spacial score (nSPS) is 20.2. The van der Waals surface area contributed by atoms with Gasteiger partial charge in [0, 0.05) is 12.0 Å². The van der Waals surface area contributed by atoms with Crippen LogP contribution in [0.1, 0.15) is 23.5 Å². The predicted octanol–water partition coefficient (Wildman–Crippen LogP) is 3.64. The van der Waals surface area contributed by atoms with Crippen molar-refractivity contribution in [3.63, 3.8) is 0 Å². The largest absolute Gasteiger partial charge is 0.412 e. The van der Waals surface area contributed by atoms with E-state index in [1.807, 2.05) is 18.2 Å². The van der Waals surface area contributed by atoms with Gasteiger partial charge in [-0.2, -0.15) is 0 Å². The highest BCUT2D eigenvalue weighted by molar-refractivity contribution is 5.71. The van der Waals surface area contributed by atoms with E-state index in [9.17, 15) is 4.79 Å². The molecule has 1 N–H and O–H groups in total. The maximum atomic E-state index is 11.8. The molecule has 1 aliphatic rings. The fraction of sp³-hybridized carbons (Fsp3) is 0.235. The van der Waals surface area contributed by atoms with E-state index in [4.69, 9.17) is 4.74 Å². The molecule has 3 rings (SSSR count). The highest BCUT2D eigenvalue weighted by Crippen LogP contribution is 2.40. The molecule has 0 aliphatic heterocycles. The first-order valence-electron chi connectivity index (χ1n) is 6.82. The molecule has 3 nitrogen and oxygen atoms in total. The van der Waals surface area contributed by atoms with Crippen molar-refractivity contribution < 1.29 is 9.53 Å². The van der Waals surface area contributed by atoms with Crippen LogP contribution in [0.4, 0.5) is 4.79 Å². The second kappa shape index (κ2) is 5.37. The number of hydrogen-bond donors (Lipinski definition) is 1. The van der Waals surface area contributed by atoms with Gasteiger partial charge in [-0.15, -0.1) is 0 Å². The summed E-state index contributed by atoms with van der Waals surface area (Å²) in [6.45, 7) is 2.07. The van der Waals surface area contributed by atoms with Gasteiger partial charge in [0.15, 0.2) is 0 Å². The summed E-state index contributed by atoms with van der Waals surface area (Å²) >= 11 is 0. The van der Waals surface area contributed by atoms with Crippen molar-refractivity contribution in [1.82, 2.24) is 5.32 Å². The van der Waals surface area contributed by atoms with Crippen molar-refractivity contribution >= 4 is 6.09 Å². The Balaban J connectivity index is 1.53. The highest BCUT2D eigenvalue weighted by atomic mass is 16.6. The molecule has 1 amide bonds. The van der Waals surface area contributed by atoms with Crippen LogP contribution in [0.2, 0.25) is 0 Å². The molecule has 2 aromatic rings. The summed E-state index contributed by atoms with van der Waals surface area (Å²) < 4.78 is 5.22. The fourth-order valence-electron chi connectivity index (χ4n) is 2.31. The highest BCUT2D eigenvalue weighted by Gasteiger charge is 2.39. The molecule has 0 aromatic heterocycles. The smallest absolute Gasteiger partial charge is 0.410 e. The van der Waals surface area contributed by atoms with Crippen LogP contribution >= 0.6 is 0 Å². The van der Waals surface area contributed by atoms with Crippen LogP contribution < -0.4 is 10.1 Å². The second-order valence-electron chi connectivity index (χ2n) is 5.21. The summed E-state index contributed by atoms with van der Waals surface area (Å²) in [5.41, 5.74) is 2.53. The minimum atomic E-state index is -0.379. The van der Waals surface area contributed by atoms with Gasteiger partial charge in [-0.1, -0.05) is 48.0 Å². The van der Waals surface area contributed by atoms with E-state index in [-0.39, 0.29) is 12.1 Å². The summed E-state index contributed by atoms with van der Waals surface area (Å²) in [5.74, 6) is 0.983. The number of benzene rings is 2. The molecule has 102 valence electrons. The van der Waals surface area contributed by atoms with Crippen LogP contribution in [0.5, 0.6) is 5.75 Å². The Bertz CT molecular complexity index is 592. The number of rotatable bonds is 3. The number of hydrogen-bond acceptors (Lipinski definition) is 2. The second-order valence-corrected chi connectivity index (χ2v) is 5.21. The average molecular weight is 267 g/mol. The van der Waals surface area contributed by atoms with Crippen LogP contribution in [-0.2, 0) is 0 Å². The van der Waals surface area contributed by atoms with Crippen LogP contribution in [0.25, 0.3) is 0 Å². The van der Waals surface area contributed by atoms with E-state index in [0.29, 0.717) is 11.7 Å². The SMILES string of the molecule is Cc1ccc(C2CC2NC(=O)Oc2ccccc2)cc1. The number of aryl methyl sites for hydroxylation is 1. The molecular weight excluding hydrogens is 250 g/mol. The zero-order valence-corrected chi connectivity index (χ0v) is 11.4. The summed E-state index contributed by atoms with van der Waals surface area (Å²) in [6, 6.07) is 17.8. The minimum absolute atomic E-state index is 0.189. The molecule has 0 saturated heterocycles. The Kier molecular flexibility index (Phi) is 3.42. The summed E-state index contributed by atoms with van der Waals surface area (Å²) in [7, 11) is 0. The molecule has 0 spiro atoms. The first-order chi connectivity index (χ1) is 9.72. The molecule has 1 fully saturated rings. The monoisotopic (exact) mass is 267 g/mol. The Morgan fingerprint density at radius 2 is 1.80 bits per heavy atom. The molecule has 0 bridgehead atoms. The molecule has 2 unspecified atom stereocenters. The van der Waals surface area contributed by atoms with Crippen molar-refractivity contribution in [2.75, 3.05) is 0 Å². The fourth-order valence-corrected chi connectivity index (χ4v) is 2.31. The Hall–Kier alpha value is -2.29. The van der Waals surface area contributed by atoms with E-state index in [1.165, 1.54) is 11.1 Å². The number of nitrogens with one attached hydrogen (secondary N) is 1. The number of carbonyl (C=O) groups excluding carboxylic acids is 1. The molecule has 3 heteroatoms. The quantitative estimate of drug-likeness (QED) is 0.922. The molecule has 1 saturated carbocycles. The van der Waals surface area contributed by atoms with E-state index >= 15 is 0 Å². The van der Waals surface area contributed by atoms with Gasteiger partial charge >= 0.3 is 6.09 Å². The lowest BCUT2D eigenvalue weighted by Crippen LogP contribution is -2.29. The van der Waals surface area contributed by atoms with Crippen molar-refractivity contribution in [3.8, 4) is 5.75 Å². The third-order valence-corrected chi connectivity index (χ3v) is 3.55. The third kappa shape index (κ3) is 2.99. The summed E-state index contributed by atoms with van der Waals surface area (Å²) in [4.78, 5) is 11.8. The summed E-state index contributed by atoms with van der Waals surface area (Å²) in [6.07, 6.45) is 0.600. The lowest BCUT2D eigenvalue weighted by atomic mass is 10.1. The van der Waals surface area contributed by atoms with Gasteiger partial charge in [-0.25, -0.2) is 4.79 Å². The van der Waals surface area contributed by atoms with E-state index in [0.717, 1.165) is 6.42 Å². The first-order valence-corrected chi connectivity index (χ1v) is 6.82. The van der Waals surface area contributed by atoms with Gasteiger partial charge in [-0.3, -0.25) is 0 Å². The lowest BCUT2D eigenvalue weighted by molar-refractivity contribution is 0.200. The van der Waals surface area contributed by atoms with Crippen LogP contribution in [-0.4, -0.2) is 12.1 Å². The maximum Gasteiger partial charge on any atom is 0.412 e.